The molecule has 1 aliphatic carbocycles. The Hall–Kier alpha value is -0.620. The number of benzene rings is 1. The predicted molar refractivity (Wildman–Crippen MR) is 87.2 cm³/mol. The number of nitrogens with zero attached hydrogens (tertiary/aromatic N) is 1. The molecule has 0 spiro atoms. The number of nitrogens with two attached hydrogens (primary N) is 1. The second-order valence-corrected chi connectivity index (χ2v) is 8.67. The van der Waals surface area contributed by atoms with Gasteiger partial charge in [-0.25, -0.2) is 8.42 Å². The Balaban J connectivity index is 2.27. The molecule has 1 saturated carbocycles. The summed E-state index contributed by atoms with van der Waals surface area (Å²) in [4.78, 5) is 2.09. The fourth-order valence-corrected chi connectivity index (χ4v) is 5.53. The number of hydrogen-bond donors (Lipinski definition) is 1. The monoisotopic (exact) mass is 330 g/mol. The summed E-state index contributed by atoms with van der Waals surface area (Å²) < 4.78 is 24.2. The number of halogens is 1. The molecule has 0 aliphatic heterocycles. The van der Waals surface area contributed by atoms with Crippen molar-refractivity contribution in [3.05, 3.63) is 34.9 Å². The highest BCUT2D eigenvalue weighted by Crippen LogP contribution is 2.39. The smallest absolute Gasteiger partial charge is 0.152 e. The Morgan fingerprint density at radius 1 is 1.48 bits per heavy atom. The molecule has 1 aromatic carbocycles. The third-order valence-corrected chi connectivity index (χ3v) is 6.56. The predicted octanol–water partition coefficient (Wildman–Crippen LogP) is 2.07. The molecular weight excluding hydrogens is 308 g/mol. The third-order valence-electron chi connectivity index (χ3n) is 4.61. The van der Waals surface area contributed by atoms with E-state index in [-0.39, 0.29) is 5.25 Å². The minimum atomic E-state index is -3.12. The van der Waals surface area contributed by atoms with Crippen LogP contribution in [0.4, 0.5) is 0 Å². The first-order chi connectivity index (χ1) is 9.79. The lowest BCUT2D eigenvalue weighted by atomic mass is 9.94. The second-order valence-electron chi connectivity index (χ2n) is 6.00. The van der Waals surface area contributed by atoms with Gasteiger partial charge in [0.15, 0.2) is 9.84 Å². The van der Waals surface area contributed by atoms with Crippen molar-refractivity contribution in [2.45, 2.75) is 36.6 Å². The van der Waals surface area contributed by atoms with E-state index in [1.54, 1.807) is 0 Å². The van der Waals surface area contributed by atoms with Crippen LogP contribution in [-0.2, 0) is 16.4 Å². The van der Waals surface area contributed by atoms with Crippen LogP contribution in [0, 0.1) is 0 Å². The second kappa shape index (κ2) is 6.24. The van der Waals surface area contributed by atoms with Crippen LogP contribution in [0.5, 0.6) is 0 Å². The molecule has 2 rings (SSSR count). The lowest BCUT2D eigenvalue weighted by molar-refractivity contribution is 0.126. The zero-order valence-electron chi connectivity index (χ0n) is 12.5. The van der Waals surface area contributed by atoms with E-state index in [0.717, 1.165) is 18.4 Å². The quantitative estimate of drug-likeness (QED) is 0.897. The summed E-state index contributed by atoms with van der Waals surface area (Å²) in [6, 6.07) is 7.64. The molecule has 0 heterocycles. The standard InChI is InChI=1S/C15H23ClN2O2S/c1-18(10-12-5-3-6-13(16)9-12)15(11-17)8-4-7-14(15)21(2,19)20/h3,5-6,9,14H,4,7-8,10-11,17H2,1-2H3. The van der Waals surface area contributed by atoms with Crippen molar-refractivity contribution in [1.82, 2.24) is 4.90 Å². The van der Waals surface area contributed by atoms with Gasteiger partial charge in [0.05, 0.1) is 5.25 Å². The SMILES string of the molecule is CN(Cc1cccc(Cl)c1)C1(CN)CCCC1S(C)(=O)=O. The molecule has 6 heteroatoms. The summed E-state index contributed by atoms with van der Waals surface area (Å²) in [7, 11) is -1.16. The summed E-state index contributed by atoms with van der Waals surface area (Å²) in [5.41, 5.74) is 6.60. The first-order valence-electron chi connectivity index (χ1n) is 7.14. The van der Waals surface area contributed by atoms with Crippen molar-refractivity contribution in [2.75, 3.05) is 19.8 Å². The molecule has 2 atom stereocenters. The number of hydrogen-bond acceptors (Lipinski definition) is 4. The van der Waals surface area contributed by atoms with Crippen LogP contribution in [0.3, 0.4) is 0 Å². The maximum Gasteiger partial charge on any atom is 0.152 e. The zero-order valence-corrected chi connectivity index (χ0v) is 14.1. The number of rotatable bonds is 5. The lowest BCUT2D eigenvalue weighted by Gasteiger charge is -2.42. The maximum absolute atomic E-state index is 12.1. The van der Waals surface area contributed by atoms with Crippen molar-refractivity contribution in [1.29, 1.82) is 0 Å². The maximum atomic E-state index is 12.1. The largest absolute Gasteiger partial charge is 0.329 e. The molecule has 0 bridgehead atoms. The van der Waals surface area contributed by atoms with E-state index in [2.05, 4.69) is 4.90 Å². The van der Waals surface area contributed by atoms with Crippen molar-refractivity contribution in [2.24, 2.45) is 5.73 Å². The molecule has 1 fully saturated rings. The average molecular weight is 331 g/mol. The summed E-state index contributed by atoms with van der Waals surface area (Å²) in [6.07, 6.45) is 3.73. The van der Waals surface area contributed by atoms with Crippen LogP contribution in [0.15, 0.2) is 24.3 Å². The highest BCUT2D eigenvalue weighted by molar-refractivity contribution is 7.91. The lowest BCUT2D eigenvalue weighted by Crippen LogP contribution is -2.58. The first kappa shape index (κ1) is 16.7. The zero-order chi connectivity index (χ0) is 15.7. The fourth-order valence-electron chi connectivity index (χ4n) is 3.53. The van der Waals surface area contributed by atoms with E-state index in [4.69, 9.17) is 17.3 Å². The molecule has 2 N–H and O–H groups in total. The van der Waals surface area contributed by atoms with Crippen LogP contribution >= 0.6 is 11.6 Å². The van der Waals surface area contributed by atoms with E-state index in [1.165, 1.54) is 6.26 Å². The van der Waals surface area contributed by atoms with E-state index >= 15 is 0 Å². The van der Waals surface area contributed by atoms with Crippen molar-refractivity contribution in [3.63, 3.8) is 0 Å². The number of sulfone groups is 1. The molecule has 0 amide bonds. The van der Waals surface area contributed by atoms with Gasteiger partial charge in [-0.05, 0) is 37.6 Å². The molecular formula is C15H23ClN2O2S. The minimum Gasteiger partial charge on any atom is -0.329 e. The van der Waals surface area contributed by atoms with Crippen molar-refractivity contribution < 1.29 is 8.42 Å². The van der Waals surface area contributed by atoms with Crippen molar-refractivity contribution >= 4 is 21.4 Å². The van der Waals surface area contributed by atoms with Gasteiger partial charge < -0.3 is 5.73 Å². The van der Waals surface area contributed by atoms with Gasteiger partial charge in [0.2, 0.25) is 0 Å². The van der Waals surface area contributed by atoms with E-state index in [0.29, 0.717) is 24.5 Å². The first-order valence-corrected chi connectivity index (χ1v) is 9.47. The molecule has 1 aliphatic rings. The van der Waals surface area contributed by atoms with Gasteiger partial charge in [0, 0.05) is 29.9 Å². The van der Waals surface area contributed by atoms with Gasteiger partial charge >= 0.3 is 0 Å². The molecule has 0 aromatic heterocycles. The molecule has 118 valence electrons. The summed E-state index contributed by atoms with van der Waals surface area (Å²) >= 11 is 6.02. The van der Waals surface area contributed by atoms with Gasteiger partial charge in [-0.2, -0.15) is 0 Å². The van der Waals surface area contributed by atoms with Crippen LogP contribution < -0.4 is 5.73 Å². The Kier molecular flexibility index (Phi) is 4.98. The van der Waals surface area contributed by atoms with E-state index in [1.807, 2.05) is 31.3 Å². The van der Waals surface area contributed by atoms with Crippen LogP contribution in [0.25, 0.3) is 0 Å². The van der Waals surface area contributed by atoms with Gasteiger partial charge in [0.25, 0.3) is 0 Å². The van der Waals surface area contributed by atoms with Crippen molar-refractivity contribution in [3.8, 4) is 0 Å². The molecule has 0 saturated heterocycles. The van der Waals surface area contributed by atoms with Gasteiger partial charge in [-0.15, -0.1) is 0 Å². The molecule has 4 nitrogen and oxygen atoms in total. The summed E-state index contributed by atoms with van der Waals surface area (Å²) in [6.45, 7) is 0.992. The summed E-state index contributed by atoms with van der Waals surface area (Å²) in [5, 5.41) is 0.299. The summed E-state index contributed by atoms with van der Waals surface area (Å²) in [5.74, 6) is 0. The Morgan fingerprint density at radius 3 is 2.76 bits per heavy atom. The van der Waals surface area contributed by atoms with Gasteiger partial charge in [-0.3, -0.25) is 4.90 Å². The third kappa shape index (κ3) is 3.42. The van der Waals surface area contributed by atoms with Crippen LogP contribution in [-0.4, -0.2) is 44.0 Å². The molecule has 2 unspecified atom stereocenters. The van der Waals surface area contributed by atoms with E-state index in [9.17, 15) is 8.42 Å². The van der Waals surface area contributed by atoms with Gasteiger partial charge in [0.1, 0.15) is 0 Å². The molecule has 0 radical (unpaired) electrons. The Labute approximate surface area is 132 Å². The van der Waals surface area contributed by atoms with Crippen LogP contribution in [0.1, 0.15) is 24.8 Å². The number of likely N-dealkylation sites (N-methyl/N-ethyl adjacent to an activating group) is 1. The van der Waals surface area contributed by atoms with E-state index < -0.39 is 15.4 Å². The highest BCUT2D eigenvalue weighted by atomic mass is 35.5. The minimum absolute atomic E-state index is 0.349. The topological polar surface area (TPSA) is 63.4 Å². The highest BCUT2D eigenvalue weighted by Gasteiger charge is 2.49. The van der Waals surface area contributed by atoms with Crippen LogP contribution in [0.2, 0.25) is 5.02 Å². The fraction of sp³-hybridized carbons (Fsp3) is 0.600. The Morgan fingerprint density at radius 2 is 2.19 bits per heavy atom. The van der Waals surface area contributed by atoms with Gasteiger partial charge in [-0.1, -0.05) is 30.2 Å². The normalized spacial score (nSPS) is 26.4. The average Bonchev–Trinajstić information content (AvgIpc) is 2.83. The molecule has 1 aromatic rings. The Bertz CT molecular complexity index is 605. The molecule has 21 heavy (non-hydrogen) atoms.